The number of benzene rings is 1. The van der Waals surface area contributed by atoms with Crippen molar-refractivity contribution < 1.29 is 19.1 Å². The molecule has 1 aliphatic heterocycles. The predicted octanol–water partition coefficient (Wildman–Crippen LogP) is 2.82. The molecule has 1 saturated heterocycles. The summed E-state index contributed by atoms with van der Waals surface area (Å²) in [5.74, 6) is 1.22. The van der Waals surface area contributed by atoms with Crippen molar-refractivity contribution in [2.75, 3.05) is 38.1 Å². The van der Waals surface area contributed by atoms with Crippen molar-refractivity contribution in [1.82, 2.24) is 15.5 Å². The van der Waals surface area contributed by atoms with Gasteiger partial charge in [0.15, 0.2) is 5.96 Å². The van der Waals surface area contributed by atoms with Gasteiger partial charge in [0.25, 0.3) is 0 Å². The first-order valence-electron chi connectivity index (χ1n) is 10.2. The molecule has 0 aliphatic carbocycles. The van der Waals surface area contributed by atoms with E-state index in [0.717, 1.165) is 6.54 Å². The third-order valence-electron chi connectivity index (χ3n) is 4.00. The van der Waals surface area contributed by atoms with E-state index in [-0.39, 0.29) is 42.0 Å². The summed E-state index contributed by atoms with van der Waals surface area (Å²) in [7, 11) is 0. The fraction of sp³-hybridized carbons (Fsp3) is 0.571. The lowest BCUT2D eigenvalue weighted by Crippen LogP contribution is -2.63. The standard InChI is InChI=1S/C21H33N5O4.HI/c1-6-22-19(25-17-13-26(14-17)20(28)30-21(3,4)5)23-10-11-29-18-9-7-8-16(12-18)24-15(2)27;/h7-9,12,17H,6,10-11,13-14H2,1-5H3,(H,24,27)(H2,22,23,25);1H. The van der Waals surface area contributed by atoms with E-state index in [1.54, 1.807) is 17.0 Å². The molecule has 0 spiro atoms. The number of hydrogen-bond donors (Lipinski definition) is 3. The SMILES string of the molecule is CCNC(=NCCOc1cccc(NC(C)=O)c1)NC1CN(C(=O)OC(C)(C)C)C1.I. The number of carbonyl (C=O) groups is 2. The van der Waals surface area contributed by atoms with Crippen LogP contribution in [0.2, 0.25) is 0 Å². The Hall–Kier alpha value is -2.24. The minimum absolute atomic E-state index is 0. The Morgan fingerprint density at radius 3 is 2.58 bits per heavy atom. The van der Waals surface area contributed by atoms with Crippen molar-refractivity contribution in [3.8, 4) is 5.75 Å². The van der Waals surface area contributed by atoms with Gasteiger partial charge in [-0.15, -0.1) is 24.0 Å². The molecule has 9 nitrogen and oxygen atoms in total. The van der Waals surface area contributed by atoms with E-state index in [1.165, 1.54) is 6.92 Å². The summed E-state index contributed by atoms with van der Waals surface area (Å²) < 4.78 is 11.1. The zero-order chi connectivity index (χ0) is 22.1. The first-order valence-corrected chi connectivity index (χ1v) is 10.2. The molecule has 1 heterocycles. The van der Waals surface area contributed by atoms with Crippen molar-refractivity contribution in [1.29, 1.82) is 0 Å². The summed E-state index contributed by atoms with van der Waals surface area (Å²) in [6.45, 7) is 11.8. The molecule has 0 saturated carbocycles. The van der Waals surface area contributed by atoms with Gasteiger partial charge in [0, 0.05) is 38.3 Å². The van der Waals surface area contributed by atoms with Crippen LogP contribution < -0.4 is 20.7 Å². The molecule has 1 fully saturated rings. The van der Waals surface area contributed by atoms with Gasteiger partial charge in [0.05, 0.1) is 12.6 Å². The molecule has 2 amide bonds. The van der Waals surface area contributed by atoms with E-state index < -0.39 is 5.60 Å². The summed E-state index contributed by atoms with van der Waals surface area (Å²) in [5.41, 5.74) is 0.200. The van der Waals surface area contributed by atoms with Crippen LogP contribution in [-0.2, 0) is 9.53 Å². The van der Waals surface area contributed by atoms with Crippen LogP contribution in [0.4, 0.5) is 10.5 Å². The van der Waals surface area contributed by atoms with Crippen LogP contribution in [0.15, 0.2) is 29.3 Å². The van der Waals surface area contributed by atoms with E-state index in [0.29, 0.717) is 43.6 Å². The molecule has 1 aliphatic rings. The number of rotatable bonds is 7. The fourth-order valence-electron chi connectivity index (χ4n) is 2.75. The number of likely N-dealkylation sites (tertiary alicyclic amines) is 1. The van der Waals surface area contributed by atoms with Crippen molar-refractivity contribution >= 4 is 47.6 Å². The monoisotopic (exact) mass is 547 g/mol. The molecule has 31 heavy (non-hydrogen) atoms. The molecular weight excluding hydrogens is 513 g/mol. The Labute approximate surface area is 201 Å². The first-order chi connectivity index (χ1) is 14.2. The van der Waals surface area contributed by atoms with Gasteiger partial charge in [-0.05, 0) is 39.8 Å². The smallest absolute Gasteiger partial charge is 0.410 e. The second kappa shape index (κ2) is 12.6. The number of nitrogens with zero attached hydrogens (tertiary/aromatic N) is 2. The van der Waals surface area contributed by atoms with Gasteiger partial charge in [0.2, 0.25) is 5.91 Å². The second-order valence-electron chi connectivity index (χ2n) is 8.04. The van der Waals surface area contributed by atoms with Crippen LogP contribution in [0.5, 0.6) is 5.75 Å². The van der Waals surface area contributed by atoms with E-state index in [1.807, 2.05) is 39.8 Å². The minimum atomic E-state index is -0.492. The summed E-state index contributed by atoms with van der Waals surface area (Å²) >= 11 is 0. The third kappa shape index (κ3) is 10.1. The van der Waals surface area contributed by atoms with E-state index in [9.17, 15) is 9.59 Å². The molecule has 2 rings (SSSR count). The topological polar surface area (TPSA) is 104 Å². The highest BCUT2D eigenvalue weighted by Crippen LogP contribution is 2.17. The second-order valence-corrected chi connectivity index (χ2v) is 8.04. The zero-order valence-corrected chi connectivity index (χ0v) is 21.2. The molecule has 1 aromatic carbocycles. The molecule has 10 heteroatoms. The highest BCUT2D eigenvalue weighted by molar-refractivity contribution is 14.0. The lowest BCUT2D eigenvalue weighted by molar-refractivity contribution is -0.114. The van der Waals surface area contributed by atoms with Crippen LogP contribution in [-0.4, -0.2) is 67.3 Å². The number of amides is 2. The van der Waals surface area contributed by atoms with E-state index in [4.69, 9.17) is 9.47 Å². The highest BCUT2D eigenvalue weighted by atomic mass is 127. The average molecular weight is 547 g/mol. The Balaban J connectivity index is 0.00000480. The maximum Gasteiger partial charge on any atom is 0.410 e. The molecule has 0 radical (unpaired) electrons. The zero-order valence-electron chi connectivity index (χ0n) is 18.9. The quantitative estimate of drug-likeness (QED) is 0.210. The number of guanidine groups is 1. The molecule has 0 aromatic heterocycles. The number of ether oxygens (including phenoxy) is 2. The Morgan fingerprint density at radius 1 is 1.26 bits per heavy atom. The van der Waals surface area contributed by atoms with Crippen LogP contribution in [0.3, 0.4) is 0 Å². The maximum absolute atomic E-state index is 12.0. The van der Waals surface area contributed by atoms with E-state index in [2.05, 4.69) is 20.9 Å². The largest absolute Gasteiger partial charge is 0.492 e. The number of aliphatic imine (C=N–C) groups is 1. The van der Waals surface area contributed by atoms with Crippen LogP contribution in [0, 0.1) is 0 Å². The van der Waals surface area contributed by atoms with Crippen molar-refractivity contribution in [2.24, 2.45) is 4.99 Å². The van der Waals surface area contributed by atoms with Crippen LogP contribution in [0.25, 0.3) is 0 Å². The van der Waals surface area contributed by atoms with E-state index >= 15 is 0 Å². The average Bonchev–Trinajstić information content (AvgIpc) is 2.59. The summed E-state index contributed by atoms with van der Waals surface area (Å²) in [5, 5.41) is 9.24. The molecule has 0 unspecified atom stereocenters. The van der Waals surface area contributed by atoms with Gasteiger partial charge >= 0.3 is 6.09 Å². The van der Waals surface area contributed by atoms with Gasteiger partial charge < -0.3 is 30.3 Å². The van der Waals surface area contributed by atoms with Crippen LogP contribution in [0.1, 0.15) is 34.6 Å². The molecule has 174 valence electrons. The molecular formula is C21H34IN5O4. The van der Waals surface area contributed by atoms with Gasteiger partial charge in [-0.1, -0.05) is 6.07 Å². The van der Waals surface area contributed by atoms with Gasteiger partial charge in [-0.3, -0.25) is 4.79 Å². The minimum Gasteiger partial charge on any atom is -0.492 e. The number of carbonyl (C=O) groups excluding carboxylic acids is 2. The third-order valence-corrected chi connectivity index (χ3v) is 4.00. The number of anilines is 1. The van der Waals surface area contributed by atoms with Crippen molar-refractivity contribution in [3.63, 3.8) is 0 Å². The van der Waals surface area contributed by atoms with Gasteiger partial charge in [0.1, 0.15) is 18.0 Å². The van der Waals surface area contributed by atoms with Crippen molar-refractivity contribution in [3.05, 3.63) is 24.3 Å². The number of nitrogens with one attached hydrogen (secondary N) is 3. The Morgan fingerprint density at radius 2 is 1.97 bits per heavy atom. The molecule has 3 N–H and O–H groups in total. The molecule has 1 aromatic rings. The Kier molecular flexibility index (Phi) is 10.9. The number of halogens is 1. The molecule has 0 atom stereocenters. The summed E-state index contributed by atoms with van der Waals surface area (Å²) in [4.78, 5) is 29.3. The maximum atomic E-state index is 12.0. The van der Waals surface area contributed by atoms with Crippen molar-refractivity contribution in [2.45, 2.75) is 46.3 Å². The highest BCUT2D eigenvalue weighted by Gasteiger charge is 2.34. The normalized spacial score (nSPS) is 14.1. The molecule has 0 bridgehead atoms. The Bertz CT molecular complexity index is 760. The van der Waals surface area contributed by atoms with Gasteiger partial charge in [-0.25, -0.2) is 9.79 Å². The van der Waals surface area contributed by atoms with Gasteiger partial charge in [-0.2, -0.15) is 0 Å². The predicted molar refractivity (Wildman–Crippen MR) is 132 cm³/mol. The first kappa shape index (κ1) is 26.8. The number of hydrogen-bond acceptors (Lipinski definition) is 5. The fourth-order valence-corrected chi connectivity index (χ4v) is 2.75. The summed E-state index contributed by atoms with van der Waals surface area (Å²) in [6, 6.07) is 7.36. The lowest BCUT2D eigenvalue weighted by atomic mass is 10.1. The van der Waals surface area contributed by atoms with Crippen LogP contribution >= 0.6 is 24.0 Å². The lowest BCUT2D eigenvalue weighted by Gasteiger charge is -2.40. The summed E-state index contributed by atoms with van der Waals surface area (Å²) in [6.07, 6.45) is -0.294.